The Balaban J connectivity index is 2.13. The van der Waals surface area contributed by atoms with E-state index in [2.05, 4.69) is 15.1 Å². The Labute approximate surface area is 102 Å². The van der Waals surface area contributed by atoms with Crippen molar-refractivity contribution in [2.45, 2.75) is 6.92 Å². The average molecular weight is 242 g/mol. The van der Waals surface area contributed by atoms with E-state index in [0.29, 0.717) is 11.6 Å². The topological polar surface area (TPSA) is 83.3 Å². The molecule has 1 aromatic carbocycles. The number of rotatable bonds is 2. The Kier molecular flexibility index (Phi) is 2.16. The standard InChI is InChI=1S/C12H10N4O2/c1-7-2-4-8(5-3-7)10-14-12-13-6-9(11(17)18)16(12)15-10/h2-6H,1H3,(H,17,18)(H,13,14,15). The first-order chi connectivity index (χ1) is 8.65. The van der Waals surface area contributed by atoms with Crippen LogP contribution in [0.15, 0.2) is 30.5 Å². The van der Waals surface area contributed by atoms with Gasteiger partial charge in [0.05, 0.1) is 6.20 Å². The highest BCUT2D eigenvalue weighted by Gasteiger charge is 2.14. The minimum Gasteiger partial charge on any atom is -0.476 e. The van der Waals surface area contributed by atoms with Gasteiger partial charge in [-0.1, -0.05) is 29.8 Å². The van der Waals surface area contributed by atoms with Gasteiger partial charge in [-0.05, 0) is 6.92 Å². The van der Waals surface area contributed by atoms with Crippen LogP contribution >= 0.6 is 0 Å². The highest BCUT2D eigenvalue weighted by Crippen LogP contribution is 2.17. The van der Waals surface area contributed by atoms with E-state index in [-0.39, 0.29) is 5.69 Å². The highest BCUT2D eigenvalue weighted by atomic mass is 16.4. The Morgan fingerprint density at radius 1 is 1.33 bits per heavy atom. The molecule has 0 spiro atoms. The summed E-state index contributed by atoms with van der Waals surface area (Å²) in [4.78, 5) is 19.1. The van der Waals surface area contributed by atoms with Crippen LogP contribution in [0.5, 0.6) is 0 Å². The number of carbonyl (C=O) groups is 1. The molecule has 0 amide bonds. The molecule has 0 radical (unpaired) electrons. The third-order valence-corrected chi connectivity index (χ3v) is 2.72. The lowest BCUT2D eigenvalue weighted by Gasteiger charge is -1.96. The maximum Gasteiger partial charge on any atom is 0.356 e. The number of aromatic nitrogens is 4. The fourth-order valence-corrected chi connectivity index (χ4v) is 1.75. The number of carboxylic acid groups (broad SMARTS) is 1. The van der Waals surface area contributed by atoms with Crippen molar-refractivity contribution in [1.82, 2.24) is 19.6 Å². The van der Waals surface area contributed by atoms with Crippen molar-refractivity contribution in [1.29, 1.82) is 0 Å². The van der Waals surface area contributed by atoms with E-state index < -0.39 is 5.97 Å². The van der Waals surface area contributed by atoms with Crippen LogP contribution in [0.2, 0.25) is 0 Å². The van der Waals surface area contributed by atoms with Gasteiger partial charge in [0.15, 0.2) is 11.5 Å². The lowest BCUT2D eigenvalue weighted by atomic mass is 10.1. The molecule has 0 atom stereocenters. The van der Waals surface area contributed by atoms with Crippen molar-refractivity contribution >= 4 is 11.7 Å². The summed E-state index contributed by atoms with van der Waals surface area (Å²) in [5.74, 6) is -0.0924. The van der Waals surface area contributed by atoms with Crippen molar-refractivity contribution in [2.24, 2.45) is 0 Å². The van der Waals surface area contributed by atoms with Gasteiger partial charge in [-0.3, -0.25) is 5.10 Å². The molecular formula is C12H10N4O2. The number of nitrogens with one attached hydrogen (secondary N) is 1. The van der Waals surface area contributed by atoms with Crippen LogP contribution in [0.4, 0.5) is 0 Å². The van der Waals surface area contributed by atoms with Gasteiger partial charge in [-0.25, -0.2) is 14.3 Å². The monoisotopic (exact) mass is 242 g/mol. The second-order valence-electron chi connectivity index (χ2n) is 4.02. The normalized spacial score (nSPS) is 10.9. The van der Waals surface area contributed by atoms with Crippen LogP contribution in [0.1, 0.15) is 16.1 Å². The van der Waals surface area contributed by atoms with E-state index in [1.54, 1.807) is 0 Å². The second kappa shape index (κ2) is 3.69. The summed E-state index contributed by atoms with van der Waals surface area (Å²) in [7, 11) is 0. The number of imidazole rings is 1. The van der Waals surface area contributed by atoms with E-state index in [1.165, 1.54) is 10.7 Å². The predicted octanol–water partition coefficient (Wildman–Crippen LogP) is 1.73. The Bertz CT molecular complexity index is 724. The maximum absolute atomic E-state index is 11.0. The van der Waals surface area contributed by atoms with Gasteiger partial charge in [0.1, 0.15) is 0 Å². The number of benzene rings is 1. The summed E-state index contributed by atoms with van der Waals surface area (Å²) in [6.45, 7) is 2.00. The molecule has 0 aliphatic carbocycles. The van der Waals surface area contributed by atoms with Crippen molar-refractivity contribution in [3.8, 4) is 11.4 Å². The number of hydrogen-bond acceptors (Lipinski definition) is 3. The summed E-state index contributed by atoms with van der Waals surface area (Å²) in [5.41, 5.74) is 2.11. The molecule has 0 aliphatic rings. The van der Waals surface area contributed by atoms with Crippen LogP contribution in [0.3, 0.4) is 0 Å². The van der Waals surface area contributed by atoms with E-state index >= 15 is 0 Å². The molecule has 18 heavy (non-hydrogen) atoms. The first-order valence-corrected chi connectivity index (χ1v) is 5.39. The molecule has 3 rings (SSSR count). The molecule has 2 aromatic heterocycles. The minimum atomic E-state index is -1.04. The molecule has 6 nitrogen and oxygen atoms in total. The summed E-state index contributed by atoms with van der Waals surface area (Å²) >= 11 is 0. The maximum atomic E-state index is 11.0. The van der Waals surface area contributed by atoms with Crippen molar-refractivity contribution in [2.75, 3.05) is 0 Å². The van der Waals surface area contributed by atoms with Crippen LogP contribution in [0, 0.1) is 6.92 Å². The number of carboxylic acids is 1. The zero-order valence-corrected chi connectivity index (χ0v) is 9.58. The molecule has 0 unspecified atom stereocenters. The average Bonchev–Trinajstić information content (AvgIpc) is 2.88. The number of nitrogens with zero attached hydrogens (tertiary/aromatic N) is 3. The minimum absolute atomic E-state index is 0.0656. The molecule has 0 bridgehead atoms. The lowest BCUT2D eigenvalue weighted by Crippen LogP contribution is -2.01. The summed E-state index contributed by atoms with van der Waals surface area (Å²) in [5, 5.41) is 11.9. The largest absolute Gasteiger partial charge is 0.476 e. The Morgan fingerprint density at radius 3 is 2.72 bits per heavy atom. The van der Waals surface area contributed by atoms with Gasteiger partial charge in [0.2, 0.25) is 0 Å². The molecule has 0 aliphatic heterocycles. The SMILES string of the molecule is Cc1ccc(-c2nc3ncc(C(=O)O)n3[nH]2)cc1. The summed E-state index contributed by atoms with van der Waals surface area (Å²) in [6, 6.07) is 7.79. The molecule has 6 heteroatoms. The van der Waals surface area contributed by atoms with Gasteiger partial charge < -0.3 is 5.11 Å². The third kappa shape index (κ3) is 1.55. The first-order valence-electron chi connectivity index (χ1n) is 5.39. The zero-order valence-electron chi connectivity index (χ0n) is 9.58. The summed E-state index contributed by atoms with van der Waals surface area (Å²) in [6.07, 6.45) is 1.28. The number of hydrogen-bond donors (Lipinski definition) is 2. The number of H-pyrrole nitrogens is 1. The van der Waals surface area contributed by atoms with Gasteiger partial charge in [0, 0.05) is 5.56 Å². The van der Waals surface area contributed by atoms with E-state index in [4.69, 9.17) is 5.11 Å². The number of aromatic carboxylic acids is 1. The molecule has 0 fully saturated rings. The van der Waals surface area contributed by atoms with E-state index in [0.717, 1.165) is 11.1 Å². The third-order valence-electron chi connectivity index (χ3n) is 2.72. The predicted molar refractivity (Wildman–Crippen MR) is 64.5 cm³/mol. The molecular weight excluding hydrogens is 232 g/mol. The van der Waals surface area contributed by atoms with Crippen LogP contribution in [0.25, 0.3) is 17.2 Å². The quantitative estimate of drug-likeness (QED) is 0.716. The first kappa shape index (κ1) is 10.5. The highest BCUT2D eigenvalue weighted by molar-refractivity contribution is 5.86. The molecule has 2 N–H and O–H groups in total. The van der Waals surface area contributed by atoms with Gasteiger partial charge >= 0.3 is 5.97 Å². The Hall–Kier alpha value is -2.63. The fourth-order valence-electron chi connectivity index (χ4n) is 1.75. The van der Waals surface area contributed by atoms with Crippen molar-refractivity contribution < 1.29 is 9.90 Å². The fraction of sp³-hybridized carbons (Fsp3) is 0.0833. The van der Waals surface area contributed by atoms with Crippen LogP contribution in [-0.4, -0.2) is 30.7 Å². The number of fused-ring (bicyclic) bond motifs is 1. The number of aryl methyl sites for hydroxylation is 1. The van der Waals surface area contributed by atoms with Crippen molar-refractivity contribution in [3.05, 3.63) is 41.7 Å². The Morgan fingerprint density at radius 2 is 2.06 bits per heavy atom. The molecule has 0 saturated carbocycles. The van der Waals surface area contributed by atoms with Gasteiger partial charge in [0.25, 0.3) is 5.78 Å². The molecule has 0 saturated heterocycles. The van der Waals surface area contributed by atoms with Crippen LogP contribution in [-0.2, 0) is 0 Å². The van der Waals surface area contributed by atoms with E-state index in [1.807, 2.05) is 31.2 Å². The molecule has 3 aromatic rings. The smallest absolute Gasteiger partial charge is 0.356 e. The second-order valence-corrected chi connectivity index (χ2v) is 4.02. The van der Waals surface area contributed by atoms with Gasteiger partial charge in [-0.2, -0.15) is 4.98 Å². The van der Waals surface area contributed by atoms with Crippen LogP contribution < -0.4 is 0 Å². The lowest BCUT2D eigenvalue weighted by molar-refractivity contribution is 0.0688. The van der Waals surface area contributed by atoms with Gasteiger partial charge in [-0.15, -0.1) is 0 Å². The van der Waals surface area contributed by atoms with Crippen molar-refractivity contribution in [3.63, 3.8) is 0 Å². The summed E-state index contributed by atoms with van der Waals surface area (Å²) < 4.78 is 1.36. The van der Waals surface area contributed by atoms with E-state index in [9.17, 15) is 4.79 Å². The zero-order chi connectivity index (χ0) is 12.7. The molecule has 2 heterocycles. The number of aromatic amines is 1. The molecule has 90 valence electrons.